The second-order valence-electron chi connectivity index (χ2n) is 5.10. The fourth-order valence-corrected chi connectivity index (χ4v) is 2.78. The summed E-state index contributed by atoms with van der Waals surface area (Å²) < 4.78 is 0. The Hall–Kier alpha value is -0.300. The summed E-state index contributed by atoms with van der Waals surface area (Å²) in [5.41, 5.74) is 1.87. The number of hydrogen-bond acceptors (Lipinski definition) is 1. The zero-order chi connectivity index (χ0) is 10.2. The molecule has 76 valence electrons. The molecule has 1 heteroatoms. The van der Waals surface area contributed by atoms with Crippen LogP contribution in [0.15, 0.2) is 11.6 Å². The fourth-order valence-electron chi connectivity index (χ4n) is 2.78. The molecule has 0 heterocycles. The minimum Gasteiger partial charge on any atom is -0.313 e. The molecule has 13 heavy (non-hydrogen) atoms. The van der Waals surface area contributed by atoms with Crippen LogP contribution >= 0.6 is 0 Å². The first-order valence-corrected chi connectivity index (χ1v) is 5.26. The van der Waals surface area contributed by atoms with Crippen molar-refractivity contribution in [3.63, 3.8) is 0 Å². The molecule has 0 spiro atoms. The Balaban J connectivity index is 3.02. The van der Waals surface area contributed by atoms with Crippen LogP contribution in [-0.2, 0) is 0 Å². The van der Waals surface area contributed by atoms with Crippen LogP contribution in [0.1, 0.15) is 34.6 Å². The average molecular weight is 181 g/mol. The van der Waals surface area contributed by atoms with Crippen LogP contribution in [0.3, 0.4) is 0 Å². The molecule has 0 amide bonds. The summed E-state index contributed by atoms with van der Waals surface area (Å²) in [4.78, 5) is 0. The maximum Gasteiger partial charge on any atom is 0.0328 e. The third-order valence-electron chi connectivity index (χ3n) is 3.98. The molecule has 0 aliphatic heterocycles. The van der Waals surface area contributed by atoms with Crippen molar-refractivity contribution in [3.8, 4) is 0 Å². The normalized spacial score (nSPS) is 38.6. The molecule has 0 radical (unpaired) electrons. The summed E-state index contributed by atoms with van der Waals surface area (Å²) in [6.45, 7) is 11.7. The van der Waals surface area contributed by atoms with Gasteiger partial charge >= 0.3 is 0 Å². The van der Waals surface area contributed by atoms with Crippen molar-refractivity contribution in [1.82, 2.24) is 5.32 Å². The van der Waals surface area contributed by atoms with E-state index in [4.69, 9.17) is 0 Å². The third-order valence-corrected chi connectivity index (χ3v) is 3.98. The van der Waals surface area contributed by atoms with Crippen LogP contribution in [0.25, 0.3) is 0 Å². The van der Waals surface area contributed by atoms with Crippen molar-refractivity contribution in [3.05, 3.63) is 11.6 Å². The maximum absolute atomic E-state index is 3.43. The summed E-state index contributed by atoms with van der Waals surface area (Å²) in [5, 5.41) is 3.43. The first kappa shape index (κ1) is 10.8. The molecule has 1 N–H and O–H groups in total. The van der Waals surface area contributed by atoms with Gasteiger partial charge in [0.1, 0.15) is 0 Å². The number of nitrogens with one attached hydrogen (secondary N) is 1. The molecule has 0 aromatic rings. The Kier molecular flexibility index (Phi) is 2.86. The zero-order valence-corrected chi connectivity index (χ0v) is 9.81. The van der Waals surface area contributed by atoms with Gasteiger partial charge in [0, 0.05) is 6.04 Å². The molecular weight excluding hydrogens is 158 g/mol. The highest BCUT2D eigenvalue weighted by atomic mass is 14.9. The number of likely N-dealkylation sites (N-methyl/N-ethyl adjacent to an activating group) is 1. The molecule has 0 aromatic carbocycles. The minimum atomic E-state index is 0.368. The monoisotopic (exact) mass is 181 g/mol. The van der Waals surface area contributed by atoms with Crippen molar-refractivity contribution in [2.24, 2.45) is 17.3 Å². The summed E-state index contributed by atoms with van der Waals surface area (Å²) >= 11 is 0. The van der Waals surface area contributed by atoms with Gasteiger partial charge in [-0.15, -0.1) is 0 Å². The highest BCUT2D eigenvalue weighted by molar-refractivity contribution is 5.19. The van der Waals surface area contributed by atoms with Crippen molar-refractivity contribution in [1.29, 1.82) is 0 Å². The molecule has 1 aliphatic carbocycles. The van der Waals surface area contributed by atoms with Gasteiger partial charge in [-0.05, 0) is 31.2 Å². The van der Waals surface area contributed by atoms with E-state index in [0.29, 0.717) is 17.4 Å². The molecule has 0 saturated carbocycles. The zero-order valence-electron chi connectivity index (χ0n) is 9.81. The fraction of sp³-hybridized carbons (Fsp3) is 0.833. The maximum atomic E-state index is 3.43. The van der Waals surface area contributed by atoms with Crippen molar-refractivity contribution >= 4 is 0 Å². The van der Waals surface area contributed by atoms with Crippen LogP contribution in [0.4, 0.5) is 0 Å². The predicted octanol–water partition coefficient (Wildman–Crippen LogP) is 2.83. The van der Waals surface area contributed by atoms with E-state index in [0.717, 1.165) is 5.92 Å². The highest BCUT2D eigenvalue weighted by Crippen LogP contribution is 2.42. The van der Waals surface area contributed by atoms with E-state index in [2.05, 4.69) is 53.1 Å². The van der Waals surface area contributed by atoms with Crippen LogP contribution < -0.4 is 5.32 Å². The molecule has 3 unspecified atom stereocenters. The van der Waals surface area contributed by atoms with Crippen LogP contribution in [0, 0.1) is 17.3 Å². The molecule has 0 bridgehead atoms. The van der Waals surface area contributed by atoms with Gasteiger partial charge in [0.25, 0.3) is 0 Å². The first-order valence-electron chi connectivity index (χ1n) is 5.26. The van der Waals surface area contributed by atoms with E-state index < -0.39 is 0 Å². The van der Waals surface area contributed by atoms with Crippen molar-refractivity contribution in [2.45, 2.75) is 40.7 Å². The smallest absolute Gasteiger partial charge is 0.0328 e. The lowest BCUT2D eigenvalue weighted by molar-refractivity contribution is 0.131. The lowest BCUT2D eigenvalue weighted by Crippen LogP contribution is -2.48. The quantitative estimate of drug-likeness (QED) is 0.613. The molecule has 0 fully saturated rings. The molecule has 1 nitrogen and oxygen atoms in total. The van der Waals surface area contributed by atoms with Crippen molar-refractivity contribution in [2.75, 3.05) is 7.05 Å². The summed E-state index contributed by atoms with van der Waals surface area (Å²) in [6, 6.07) is 0.540. The molecular formula is C12H23N. The predicted molar refractivity (Wildman–Crippen MR) is 58.7 cm³/mol. The second-order valence-corrected chi connectivity index (χ2v) is 5.10. The Morgan fingerprint density at radius 3 is 2.31 bits per heavy atom. The van der Waals surface area contributed by atoms with E-state index in [1.165, 1.54) is 5.57 Å². The molecule has 1 rings (SSSR count). The van der Waals surface area contributed by atoms with Gasteiger partial charge in [0.05, 0.1) is 0 Å². The topological polar surface area (TPSA) is 12.0 Å². The summed E-state index contributed by atoms with van der Waals surface area (Å²) in [6.07, 6.45) is 2.41. The van der Waals surface area contributed by atoms with Crippen LogP contribution in [0.5, 0.6) is 0 Å². The Bertz CT molecular complexity index is 215. The highest BCUT2D eigenvalue weighted by Gasteiger charge is 2.40. The molecule has 1 aliphatic rings. The Labute approximate surface area is 82.6 Å². The lowest BCUT2D eigenvalue weighted by atomic mass is 9.63. The van der Waals surface area contributed by atoms with Crippen LogP contribution in [0.2, 0.25) is 0 Å². The largest absolute Gasteiger partial charge is 0.313 e. The average Bonchev–Trinajstić information content (AvgIpc) is 2.01. The number of rotatable bonds is 1. The lowest BCUT2D eigenvalue weighted by Gasteiger charge is -2.46. The van der Waals surface area contributed by atoms with Gasteiger partial charge < -0.3 is 5.32 Å². The van der Waals surface area contributed by atoms with Gasteiger partial charge in [0.2, 0.25) is 0 Å². The Morgan fingerprint density at radius 2 is 1.85 bits per heavy atom. The standard InChI is InChI=1S/C12H23N/c1-8-7-9(2)11(13-6)12(4,5)10(8)3/h7-8,10-11,13H,1-6H3. The molecule has 0 saturated heterocycles. The Morgan fingerprint density at radius 1 is 1.31 bits per heavy atom. The third kappa shape index (κ3) is 1.67. The molecule has 3 atom stereocenters. The second kappa shape index (κ2) is 3.45. The minimum absolute atomic E-state index is 0.368. The van der Waals surface area contributed by atoms with E-state index in [-0.39, 0.29) is 0 Å². The van der Waals surface area contributed by atoms with Gasteiger partial charge in [-0.25, -0.2) is 0 Å². The van der Waals surface area contributed by atoms with E-state index in [1.807, 2.05) is 0 Å². The summed E-state index contributed by atoms with van der Waals surface area (Å²) in [7, 11) is 2.06. The molecule has 0 aromatic heterocycles. The number of hydrogen-bond donors (Lipinski definition) is 1. The SMILES string of the molecule is CNC1C(C)=CC(C)C(C)C1(C)C. The van der Waals surface area contributed by atoms with E-state index in [1.54, 1.807) is 0 Å². The van der Waals surface area contributed by atoms with Gasteiger partial charge in [0.15, 0.2) is 0 Å². The summed E-state index contributed by atoms with van der Waals surface area (Å²) in [5.74, 6) is 1.45. The van der Waals surface area contributed by atoms with Gasteiger partial charge in [-0.1, -0.05) is 39.3 Å². The first-order chi connectivity index (χ1) is 5.91. The van der Waals surface area contributed by atoms with Gasteiger partial charge in [-0.2, -0.15) is 0 Å². The van der Waals surface area contributed by atoms with Gasteiger partial charge in [-0.3, -0.25) is 0 Å². The van der Waals surface area contributed by atoms with Crippen LogP contribution in [-0.4, -0.2) is 13.1 Å². The van der Waals surface area contributed by atoms with E-state index >= 15 is 0 Å². The van der Waals surface area contributed by atoms with Crippen molar-refractivity contribution < 1.29 is 0 Å². The van der Waals surface area contributed by atoms with E-state index in [9.17, 15) is 0 Å². The number of allylic oxidation sites excluding steroid dienone is 1.